The molecule has 0 saturated heterocycles. The van der Waals surface area contributed by atoms with Crippen LogP contribution in [0.2, 0.25) is 0 Å². The van der Waals surface area contributed by atoms with Crippen molar-refractivity contribution in [2.75, 3.05) is 22.9 Å². The molecule has 0 amide bonds. The third-order valence-corrected chi connectivity index (χ3v) is 4.99. The fourth-order valence-electron chi connectivity index (χ4n) is 3.18. The number of nitrogen functional groups attached to an aromatic ring is 4. The van der Waals surface area contributed by atoms with Crippen LogP contribution in [0.25, 0.3) is 0 Å². The molecule has 0 radical (unpaired) electrons. The van der Waals surface area contributed by atoms with Crippen LogP contribution in [0.5, 0.6) is 0 Å². The van der Waals surface area contributed by atoms with Crippen LogP contribution in [0.1, 0.15) is 35.6 Å². The van der Waals surface area contributed by atoms with Crippen molar-refractivity contribution in [3.8, 4) is 0 Å². The van der Waals surface area contributed by atoms with Gasteiger partial charge in [0.2, 0.25) is 0 Å². The van der Waals surface area contributed by atoms with Crippen LogP contribution >= 0.6 is 0 Å². The van der Waals surface area contributed by atoms with E-state index in [0.717, 1.165) is 22.8 Å². The monoisotopic (exact) mass is 404 g/mol. The first-order valence-electron chi connectivity index (χ1n) is 9.47. The highest BCUT2D eigenvalue weighted by molar-refractivity contribution is 5.57. The zero-order chi connectivity index (χ0) is 21.3. The number of nitrogens with two attached hydrogens (primary N) is 4. The Hall–Kier alpha value is -4.08. The largest absolute Gasteiger partial charge is 0.394 e. The van der Waals surface area contributed by atoms with Gasteiger partial charge in [0.15, 0.2) is 0 Å². The van der Waals surface area contributed by atoms with Crippen LogP contribution in [-0.2, 0) is 13.1 Å². The van der Waals surface area contributed by atoms with E-state index in [9.17, 15) is 0 Å². The van der Waals surface area contributed by atoms with Gasteiger partial charge in [-0.25, -0.2) is 9.36 Å². The second-order valence-electron chi connectivity index (χ2n) is 7.11. The van der Waals surface area contributed by atoms with E-state index in [1.807, 2.05) is 36.4 Å². The molecule has 0 bridgehead atoms. The van der Waals surface area contributed by atoms with Crippen molar-refractivity contribution in [2.45, 2.75) is 25.9 Å². The Morgan fingerprint density at radius 1 is 0.733 bits per heavy atom. The maximum atomic E-state index is 5.95. The van der Waals surface area contributed by atoms with Crippen LogP contribution < -0.4 is 22.9 Å². The minimum absolute atomic E-state index is 0.00928. The average Bonchev–Trinajstić information content (AvgIpc) is 3.24. The fourth-order valence-corrected chi connectivity index (χ4v) is 3.18. The lowest BCUT2D eigenvalue weighted by atomic mass is 10.0. The third-order valence-electron chi connectivity index (χ3n) is 4.99. The average molecular weight is 404 g/mol. The van der Waals surface area contributed by atoms with E-state index in [-0.39, 0.29) is 5.92 Å². The molecular weight excluding hydrogens is 380 g/mol. The van der Waals surface area contributed by atoms with Gasteiger partial charge in [-0.1, -0.05) is 19.1 Å². The Morgan fingerprint density at radius 3 is 1.53 bits per heavy atom. The summed E-state index contributed by atoms with van der Waals surface area (Å²) in [6.07, 6.45) is 3.08. The highest BCUT2D eigenvalue weighted by Crippen LogP contribution is 2.23. The summed E-state index contributed by atoms with van der Waals surface area (Å²) in [7, 11) is 0. The summed E-state index contributed by atoms with van der Waals surface area (Å²) < 4.78 is 3.26. The predicted octanol–water partition coefficient (Wildman–Crippen LogP) is 1.45. The Kier molecular flexibility index (Phi) is 4.97. The summed E-state index contributed by atoms with van der Waals surface area (Å²) in [4.78, 5) is 9.55. The molecule has 4 rings (SSSR count). The summed E-state index contributed by atoms with van der Waals surface area (Å²) in [5.74, 6) is 0.858. The molecule has 0 aliphatic heterocycles. The zero-order valence-corrected chi connectivity index (χ0v) is 16.6. The Morgan fingerprint density at radius 2 is 1.17 bits per heavy atom. The van der Waals surface area contributed by atoms with Gasteiger partial charge in [0.05, 0.1) is 48.2 Å². The number of nitrogens with zero attached hydrogens (tertiary/aromatic N) is 6. The molecule has 4 aromatic rings. The van der Waals surface area contributed by atoms with Gasteiger partial charge in [0.25, 0.3) is 0 Å². The quantitative estimate of drug-likeness (QED) is 0.375. The number of hydrogen-bond acceptors (Lipinski definition) is 8. The van der Waals surface area contributed by atoms with E-state index >= 15 is 0 Å². The fraction of sp³-hybridized carbons (Fsp3) is 0.200. The van der Waals surface area contributed by atoms with Crippen molar-refractivity contribution in [3.63, 3.8) is 0 Å². The molecule has 8 N–H and O–H groups in total. The highest BCUT2D eigenvalue weighted by Gasteiger charge is 2.14. The van der Waals surface area contributed by atoms with Gasteiger partial charge in [-0.05, 0) is 24.3 Å². The van der Waals surface area contributed by atoms with E-state index in [1.54, 1.807) is 9.36 Å². The first kappa shape index (κ1) is 19.2. The molecule has 10 heteroatoms. The van der Waals surface area contributed by atoms with E-state index in [4.69, 9.17) is 32.9 Å². The molecule has 154 valence electrons. The molecule has 4 aromatic heterocycles. The molecule has 0 aromatic carbocycles. The molecule has 30 heavy (non-hydrogen) atoms. The van der Waals surface area contributed by atoms with Crippen molar-refractivity contribution in [2.24, 2.45) is 0 Å². The topological polar surface area (TPSA) is 166 Å². The first-order chi connectivity index (χ1) is 14.4. The number of anilines is 4. The second kappa shape index (κ2) is 7.74. The molecule has 0 saturated carbocycles. The van der Waals surface area contributed by atoms with Gasteiger partial charge >= 0.3 is 0 Å². The summed E-state index contributed by atoms with van der Waals surface area (Å²) in [5.41, 5.74) is 27.8. The van der Waals surface area contributed by atoms with E-state index in [2.05, 4.69) is 17.1 Å². The molecular formula is C20H24N10. The SMILES string of the molecule is CC(c1cccc(Cn2ncc(N)c2N)n1)c1cccc(Cn2ncc(N)c2N)n1. The third kappa shape index (κ3) is 3.75. The molecule has 0 spiro atoms. The van der Waals surface area contributed by atoms with Crippen LogP contribution in [0.4, 0.5) is 23.0 Å². The van der Waals surface area contributed by atoms with Crippen molar-refractivity contribution in [3.05, 3.63) is 71.6 Å². The Labute approximate surface area is 173 Å². The second-order valence-corrected chi connectivity index (χ2v) is 7.11. The van der Waals surface area contributed by atoms with Crippen LogP contribution in [0.15, 0.2) is 48.8 Å². The van der Waals surface area contributed by atoms with Gasteiger partial charge in [0, 0.05) is 17.3 Å². The van der Waals surface area contributed by atoms with Crippen molar-refractivity contribution in [1.29, 1.82) is 0 Å². The predicted molar refractivity (Wildman–Crippen MR) is 116 cm³/mol. The van der Waals surface area contributed by atoms with E-state index in [1.165, 1.54) is 12.4 Å². The number of pyridine rings is 2. The number of rotatable bonds is 6. The number of hydrogen-bond donors (Lipinski definition) is 4. The lowest BCUT2D eigenvalue weighted by Gasteiger charge is -2.14. The van der Waals surface area contributed by atoms with Crippen molar-refractivity contribution in [1.82, 2.24) is 29.5 Å². The van der Waals surface area contributed by atoms with Gasteiger partial charge in [0.1, 0.15) is 11.6 Å². The maximum Gasteiger partial charge on any atom is 0.145 e. The van der Waals surface area contributed by atoms with Crippen LogP contribution in [0, 0.1) is 0 Å². The zero-order valence-electron chi connectivity index (χ0n) is 16.6. The van der Waals surface area contributed by atoms with Gasteiger partial charge < -0.3 is 22.9 Å². The normalized spacial score (nSPS) is 11.3. The van der Waals surface area contributed by atoms with E-state index in [0.29, 0.717) is 36.1 Å². The Balaban J connectivity index is 1.55. The Bertz CT molecular complexity index is 1080. The van der Waals surface area contributed by atoms with Gasteiger partial charge in [-0.2, -0.15) is 10.2 Å². The first-order valence-corrected chi connectivity index (χ1v) is 9.47. The molecule has 4 heterocycles. The summed E-state index contributed by atoms with van der Waals surface area (Å²) in [6.45, 7) is 2.95. The molecule has 0 atom stereocenters. The number of aromatic nitrogens is 6. The highest BCUT2D eigenvalue weighted by atomic mass is 15.3. The molecule has 0 unspecified atom stereocenters. The minimum atomic E-state index is -0.00928. The smallest absolute Gasteiger partial charge is 0.145 e. The van der Waals surface area contributed by atoms with Crippen molar-refractivity contribution >= 4 is 23.0 Å². The standard InChI is InChI=1S/C20H24N10/c1-12(17-6-2-4-13(27-17)10-29-19(23)15(21)8-25-29)18-7-3-5-14(28-18)11-30-20(24)16(22)9-26-30/h2-9,12H,10-11,21-24H2,1H3. The molecule has 0 aliphatic carbocycles. The van der Waals surface area contributed by atoms with Gasteiger partial charge in [-0.3, -0.25) is 9.97 Å². The maximum absolute atomic E-state index is 5.95. The van der Waals surface area contributed by atoms with Crippen LogP contribution in [-0.4, -0.2) is 29.5 Å². The summed E-state index contributed by atoms with van der Waals surface area (Å²) >= 11 is 0. The molecule has 0 fully saturated rings. The lowest BCUT2D eigenvalue weighted by molar-refractivity contribution is 0.668. The van der Waals surface area contributed by atoms with E-state index < -0.39 is 0 Å². The lowest BCUT2D eigenvalue weighted by Crippen LogP contribution is -2.11. The minimum Gasteiger partial charge on any atom is -0.394 e. The molecule has 10 nitrogen and oxygen atoms in total. The molecule has 0 aliphatic rings. The van der Waals surface area contributed by atoms with Crippen molar-refractivity contribution < 1.29 is 0 Å². The summed E-state index contributed by atoms with van der Waals surface area (Å²) in [5, 5.41) is 8.38. The van der Waals surface area contributed by atoms with Gasteiger partial charge in [-0.15, -0.1) is 0 Å². The summed E-state index contributed by atoms with van der Waals surface area (Å²) in [6, 6.07) is 11.8. The van der Waals surface area contributed by atoms with Crippen LogP contribution in [0.3, 0.4) is 0 Å².